The lowest BCUT2D eigenvalue weighted by Crippen LogP contribution is -2.46. The smallest absolute Gasteiger partial charge is 0.163 e. The van der Waals surface area contributed by atoms with E-state index in [1.165, 1.54) is 31.9 Å². The number of nitrogens with one attached hydrogen (secondary N) is 2. The number of anilines is 2. The topological polar surface area (TPSA) is 125 Å². The highest BCUT2D eigenvalue weighted by Crippen LogP contribution is 2.52. The number of aryl methyl sites for hydroxylation is 1. The Labute approximate surface area is 251 Å². The first kappa shape index (κ1) is 28.3. The van der Waals surface area contributed by atoms with Crippen LogP contribution < -0.4 is 24.8 Å². The van der Waals surface area contributed by atoms with Gasteiger partial charge in [0.05, 0.1) is 47.4 Å². The molecule has 1 saturated heterocycles. The number of rotatable bonds is 9. The van der Waals surface area contributed by atoms with Gasteiger partial charge in [-0.15, -0.1) is 0 Å². The van der Waals surface area contributed by atoms with Crippen LogP contribution in [0.15, 0.2) is 54.9 Å². The van der Waals surface area contributed by atoms with E-state index in [1.54, 1.807) is 31.5 Å². The van der Waals surface area contributed by atoms with Crippen molar-refractivity contribution in [1.29, 1.82) is 10.5 Å². The quantitative estimate of drug-likeness (QED) is 0.241. The summed E-state index contributed by atoms with van der Waals surface area (Å²) in [5.74, 6) is 2.28. The average molecular weight is 575 g/mol. The van der Waals surface area contributed by atoms with Crippen molar-refractivity contribution in [3.8, 4) is 29.4 Å². The van der Waals surface area contributed by atoms with Gasteiger partial charge in [-0.2, -0.15) is 10.5 Å². The van der Waals surface area contributed by atoms with Crippen molar-refractivity contribution in [2.24, 2.45) is 11.3 Å². The lowest BCUT2D eigenvalue weighted by Gasteiger charge is -2.50. The van der Waals surface area contributed by atoms with Gasteiger partial charge >= 0.3 is 0 Å². The third-order valence-corrected chi connectivity index (χ3v) is 8.72. The molecule has 1 spiro atoms. The summed E-state index contributed by atoms with van der Waals surface area (Å²) in [6.07, 6.45) is 8.17. The Balaban J connectivity index is 1.22. The van der Waals surface area contributed by atoms with Crippen LogP contribution in [0.1, 0.15) is 48.1 Å². The molecule has 2 fully saturated rings. The highest BCUT2D eigenvalue weighted by Gasteiger charge is 2.44. The third-order valence-electron chi connectivity index (χ3n) is 8.72. The van der Waals surface area contributed by atoms with Crippen molar-refractivity contribution in [3.63, 3.8) is 0 Å². The number of benzene rings is 2. The van der Waals surface area contributed by atoms with Crippen molar-refractivity contribution >= 4 is 22.3 Å². The van der Waals surface area contributed by atoms with Crippen LogP contribution in [-0.2, 0) is 6.61 Å². The fourth-order valence-electron chi connectivity index (χ4n) is 6.32. The predicted octanol–water partition coefficient (Wildman–Crippen LogP) is 6.17. The number of ether oxygens (including phenoxy) is 3. The normalized spacial score (nSPS) is 15.7. The average Bonchev–Trinajstić information content (AvgIpc) is 3.03. The van der Waals surface area contributed by atoms with Crippen LogP contribution in [0, 0.1) is 40.9 Å². The molecule has 2 aromatic carbocycles. The van der Waals surface area contributed by atoms with Crippen LogP contribution in [0.2, 0.25) is 0 Å². The SMILES string of the molecule is COc1cc2c(Nc3ccc(OCc4ncccc4C)cc3C#N)c(C#N)cnc2cc1OCC1CC2(CCNCC2)C1. The van der Waals surface area contributed by atoms with Gasteiger partial charge in [0.25, 0.3) is 0 Å². The van der Waals surface area contributed by atoms with Gasteiger partial charge in [-0.3, -0.25) is 9.97 Å². The van der Waals surface area contributed by atoms with Gasteiger partial charge in [0.1, 0.15) is 24.5 Å². The van der Waals surface area contributed by atoms with E-state index in [4.69, 9.17) is 14.2 Å². The van der Waals surface area contributed by atoms with Gasteiger partial charge in [-0.25, -0.2) is 0 Å². The van der Waals surface area contributed by atoms with E-state index < -0.39 is 0 Å². The van der Waals surface area contributed by atoms with E-state index >= 15 is 0 Å². The number of hydrogen-bond acceptors (Lipinski definition) is 9. The van der Waals surface area contributed by atoms with Crippen molar-refractivity contribution in [1.82, 2.24) is 15.3 Å². The summed E-state index contributed by atoms with van der Waals surface area (Å²) in [4.78, 5) is 8.90. The largest absolute Gasteiger partial charge is 0.493 e. The minimum absolute atomic E-state index is 0.293. The first-order chi connectivity index (χ1) is 21.0. The summed E-state index contributed by atoms with van der Waals surface area (Å²) in [6, 6.07) is 17.3. The van der Waals surface area contributed by atoms with E-state index in [0.29, 0.717) is 75.2 Å². The molecule has 0 unspecified atom stereocenters. The zero-order chi connectivity index (χ0) is 29.8. The molecule has 2 aromatic heterocycles. The number of nitriles is 2. The molecule has 9 heteroatoms. The standard InChI is InChI=1S/C34H34N6O3/c1-22-4-3-9-38-30(22)21-42-26-5-6-28(24(12-26)17-35)40-33-25(18-36)19-39-29-14-32(31(41-2)13-27(29)33)43-20-23-15-34(16-23)7-10-37-11-8-34/h3-6,9,12-14,19,23,37H,7-8,10-11,15-16,20-21H2,1-2H3,(H,39,40). The predicted molar refractivity (Wildman–Crippen MR) is 164 cm³/mol. The summed E-state index contributed by atoms with van der Waals surface area (Å²) >= 11 is 0. The minimum Gasteiger partial charge on any atom is -0.493 e. The van der Waals surface area contributed by atoms with Crippen LogP contribution in [0.4, 0.5) is 11.4 Å². The Morgan fingerprint density at radius 1 is 1.00 bits per heavy atom. The summed E-state index contributed by atoms with van der Waals surface area (Å²) in [5, 5.41) is 27.3. The molecule has 1 aliphatic heterocycles. The van der Waals surface area contributed by atoms with Crippen LogP contribution in [0.3, 0.4) is 0 Å². The van der Waals surface area contributed by atoms with Gasteiger partial charge in [0.15, 0.2) is 11.5 Å². The van der Waals surface area contributed by atoms with E-state index in [0.717, 1.165) is 24.3 Å². The van der Waals surface area contributed by atoms with Crippen molar-refractivity contribution in [3.05, 3.63) is 77.2 Å². The Hall–Kier alpha value is -4.86. The van der Waals surface area contributed by atoms with E-state index in [1.807, 2.05) is 31.2 Å². The maximum atomic E-state index is 9.94. The molecular formula is C34H34N6O3. The van der Waals surface area contributed by atoms with Crippen LogP contribution >= 0.6 is 0 Å². The molecule has 3 heterocycles. The molecular weight excluding hydrogens is 540 g/mol. The number of hydrogen-bond donors (Lipinski definition) is 2. The molecule has 6 rings (SSSR count). The van der Waals surface area contributed by atoms with Gasteiger partial charge in [0, 0.05) is 29.9 Å². The summed E-state index contributed by atoms with van der Waals surface area (Å²) in [7, 11) is 1.61. The zero-order valence-electron chi connectivity index (χ0n) is 24.4. The first-order valence-electron chi connectivity index (χ1n) is 14.6. The molecule has 218 valence electrons. The second-order valence-corrected chi connectivity index (χ2v) is 11.5. The lowest BCUT2D eigenvalue weighted by atomic mass is 9.58. The minimum atomic E-state index is 0.293. The highest BCUT2D eigenvalue weighted by atomic mass is 16.5. The van der Waals surface area contributed by atoms with E-state index in [-0.39, 0.29) is 0 Å². The molecule has 0 bridgehead atoms. The second-order valence-electron chi connectivity index (χ2n) is 11.5. The number of piperidine rings is 1. The molecule has 2 N–H and O–H groups in total. The molecule has 0 radical (unpaired) electrons. The Kier molecular flexibility index (Phi) is 8.00. The Morgan fingerprint density at radius 2 is 1.81 bits per heavy atom. The van der Waals surface area contributed by atoms with Crippen LogP contribution in [-0.4, -0.2) is 36.8 Å². The molecule has 4 aromatic rings. The van der Waals surface area contributed by atoms with Gasteiger partial charge in [-0.05, 0) is 86.9 Å². The van der Waals surface area contributed by atoms with Crippen molar-refractivity contribution < 1.29 is 14.2 Å². The lowest BCUT2D eigenvalue weighted by molar-refractivity contribution is -0.00241. The molecule has 1 aliphatic carbocycles. The molecule has 9 nitrogen and oxygen atoms in total. The highest BCUT2D eigenvalue weighted by molar-refractivity contribution is 5.98. The first-order valence-corrected chi connectivity index (χ1v) is 14.6. The molecule has 2 aliphatic rings. The molecule has 0 atom stereocenters. The second kappa shape index (κ2) is 12.2. The summed E-state index contributed by atoms with van der Waals surface area (Å²) in [5.41, 5.74) is 4.83. The third kappa shape index (κ3) is 5.90. The summed E-state index contributed by atoms with van der Waals surface area (Å²) < 4.78 is 17.9. The Bertz CT molecular complexity index is 1730. The van der Waals surface area contributed by atoms with E-state index in [2.05, 4.69) is 32.7 Å². The number of aromatic nitrogens is 2. The number of fused-ring (bicyclic) bond motifs is 1. The van der Waals surface area contributed by atoms with Crippen LogP contribution in [0.25, 0.3) is 10.9 Å². The van der Waals surface area contributed by atoms with E-state index in [9.17, 15) is 10.5 Å². The maximum Gasteiger partial charge on any atom is 0.163 e. The van der Waals surface area contributed by atoms with Crippen molar-refractivity contribution in [2.75, 3.05) is 32.1 Å². The molecule has 43 heavy (non-hydrogen) atoms. The summed E-state index contributed by atoms with van der Waals surface area (Å²) in [6.45, 7) is 5.13. The molecule has 1 saturated carbocycles. The zero-order valence-corrected chi connectivity index (χ0v) is 24.4. The Morgan fingerprint density at radius 3 is 2.56 bits per heavy atom. The number of nitrogens with zero attached hydrogens (tertiary/aromatic N) is 4. The number of pyridine rings is 2. The maximum absolute atomic E-state index is 9.94. The fourth-order valence-corrected chi connectivity index (χ4v) is 6.32. The van der Waals surface area contributed by atoms with Crippen molar-refractivity contribution in [2.45, 2.75) is 39.2 Å². The fraction of sp³-hybridized carbons (Fsp3) is 0.353. The molecule has 0 amide bonds. The number of methoxy groups -OCH3 is 1. The van der Waals surface area contributed by atoms with Gasteiger partial charge in [0.2, 0.25) is 0 Å². The van der Waals surface area contributed by atoms with Crippen LogP contribution in [0.5, 0.6) is 17.2 Å². The van der Waals surface area contributed by atoms with Gasteiger partial charge in [-0.1, -0.05) is 6.07 Å². The monoisotopic (exact) mass is 574 g/mol. The van der Waals surface area contributed by atoms with Gasteiger partial charge < -0.3 is 24.8 Å².